The molecular weight excluding hydrogens is 333 g/mol. The Morgan fingerprint density at radius 1 is 1.20 bits per heavy atom. The summed E-state index contributed by atoms with van der Waals surface area (Å²) in [6, 6.07) is 0. The van der Waals surface area contributed by atoms with Crippen molar-refractivity contribution in [2.75, 3.05) is 19.6 Å². The minimum absolute atomic E-state index is 0.174. The highest BCUT2D eigenvalue weighted by Gasteiger charge is 2.26. The van der Waals surface area contributed by atoms with E-state index in [1.165, 1.54) is 6.42 Å². The van der Waals surface area contributed by atoms with Crippen LogP contribution in [0, 0.1) is 0 Å². The molecule has 25 heavy (non-hydrogen) atoms. The molecule has 0 radical (unpaired) electrons. The molecule has 142 valence electrons. The minimum atomic E-state index is -4.16. The molecule has 6 nitrogen and oxygen atoms in total. The van der Waals surface area contributed by atoms with Crippen LogP contribution in [0.15, 0.2) is 4.99 Å². The van der Waals surface area contributed by atoms with Crippen molar-refractivity contribution >= 4 is 5.96 Å². The number of aliphatic imine (C=N–C) groups is 1. The zero-order valence-electron chi connectivity index (χ0n) is 14.7. The molecule has 9 heteroatoms. The Labute approximate surface area is 146 Å². The van der Waals surface area contributed by atoms with Crippen molar-refractivity contribution in [1.29, 1.82) is 0 Å². The second-order valence-corrected chi connectivity index (χ2v) is 6.15. The van der Waals surface area contributed by atoms with Gasteiger partial charge in [0.2, 0.25) is 0 Å². The van der Waals surface area contributed by atoms with E-state index in [1.54, 1.807) is 0 Å². The van der Waals surface area contributed by atoms with Crippen LogP contribution >= 0.6 is 0 Å². The van der Waals surface area contributed by atoms with Gasteiger partial charge in [0.05, 0.1) is 6.42 Å². The number of aromatic nitrogens is 3. The maximum atomic E-state index is 12.2. The summed E-state index contributed by atoms with van der Waals surface area (Å²) in [5.74, 6) is 2.48. The number of halogens is 3. The number of alkyl halides is 3. The van der Waals surface area contributed by atoms with Crippen LogP contribution < -0.4 is 10.6 Å². The average Bonchev–Trinajstić information content (AvgIpc) is 2.77. The van der Waals surface area contributed by atoms with Crippen LogP contribution in [-0.2, 0) is 19.4 Å². The number of nitrogens with zero attached hydrogens (tertiary/aromatic N) is 4. The van der Waals surface area contributed by atoms with Crippen molar-refractivity contribution in [3.8, 4) is 0 Å². The van der Waals surface area contributed by atoms with Crippen LogP contribution in [0.25, 0.3) is 0 Å². The molecule has 0 saturated heterocycles. The number of aryl methyl sites for hydroxylation is 2. The zero-order valence-corrected chi connectivity index (χ0v) is 14.7. The summed E-state index contributed by atoms with van der Waals surface area (Å²) in [6.45, 7) is 3.82. The fourth-order valence-corrected chi connectivity index (χ4v) is 2.82. The number of fused-ring (bicyclic) bond motifs is 1. The van der Waals surface area contributed by atoms with E-state index in [4.69, 9.17) is 0 Å². The molecular formula is C16H27F3N6. The average molecular weight is 360 g/mol. The summed E-state index contributed by atoms with van der Waals surface area (Å²) in [4.78, 5) is 4.33. The molecule has 1 aromatic rings. The monoisotopic (exact) mass is 360 g/mol. The first kappa shape index (κ1) is 19.5. The van der Waals surface area contributed by atoms with Crippen molar-refractivity contribution < 1.29 is 13.2 Å². The largest absolute Gasteiger partial charge is 0.390 e. The molecule has 2 N–H and O–H groups in total. The van der Waals surface area contributed by atoms with Crippen LogP contribution in [-0.4, -0.2) is 46.5 Å². The van der Waals surface area contributed by atoms with Gasteiger partial charge >= 0.3 is 6.18 Å². The van der Waals surface area contributed by atoms with E-state index in [9.17, 15) is 13.2 Å². The third-order valence-electron chi connectivity index (χ3n) is 4.06. The van der Waals surface area contributed by atoms with Gasteiger partial charge in [-0.25, -0.2) is 0 Å². The van der Waals surface area contributed by atoms with Crippen molar-refractivity contribution in [1.82, 2.24) is 25.4 Å². The molecule has 2 heterocycles. The van der Waals surface area contributed by atoms with Gasteiger partial charge in [-0.1, -0.05) is 6.42 Å². The smallest absolute Gasteiger partial charge is 0.357 e. The molecule has 1 aliphatic rings. The first-order valence-electron chi connectivity index (χ1n) is 8.99. The molecule has 0 saturated carbocycles. The summed E-state index contributed by atoms with van der Waals surface area (Å²) in [6.07, 6.45) is 1.06. The highest BCUT2D eigenvalue weighted by molar-refractivity contribution is 5.79. The van der Waals surface area contributed by atoms with E-state index in [0.717, 1.165) is 50.3 Å². The fraction of sp³-hybridized carbons (Fsp3) is 0.812. The molecule has 0 aliphatic carbocycles. The van der Waals surface area contributed by atoms with Crippen molar-refractivity contribution in [2.24, 2.45) is 4.99 Å². The van der Waals surface area contributed by atoms with Crippen molar-refractivity contribution in [2.45, 2.75) is 64.6 Å². The number of guanidine groups is 1. The van der Waals surface area contributed by atoms with E-state index in [1.807, 2.05) is 6.92 Å². The molecule has 0 amide bonds. The van der Waals surface area contributed by atoms with Gasteiger partial charge in [0.25, 0.3) is 0 Å². The Kier molecular flexibility index (Phi) is 7.52. The molecule has 0 fully saturated rings. The maximum absolute atomic E-state index is 12.2. The van der Waals surface area contributed by atoms with Crippen LogP contribution in [0.5, 0.6) is 0 Å². The van der Waals surface area contributed by atoms with Gasteiger partial charge in [-0.2, -0.15) is 13.2 Å². The first-order chi connectivity index (χ1) is 12.0. The lowest BCUT2D eigenvalue weighted by molar-refractivity contribution is -0.132. The normalized spacial score (nSPS) is 15.6. The third kappa shape index (κ3) is 6.91. The predicted molar refractivity (Wildman–Crippen MR) is 90.6 cm³/mol. The maximum Gasteiger partial charge on any atom is 0.390 e. The quantitative estimate of drug-likeness (QED) is 0.445. The molecule has 1 aromatic heterocycles. The molecule has 0 aromatic carbocycles. The van der Waals surface area contributed by atoms with Crippen molar-refractivity contribution in [3.63, 3.8) is 0 Å². The molecule has 0 bridgehead atoms. The van der Waals surface area contributed by atoms with Gasteiger partial charge in [-0.15, -0.1) is 10.2 Å². The Balaban J connectivity index is 1.78. The van der Waals surface area contributed by atoms with Gasteiger partial charge in [0, 0.05) is 39.0 Å². The highest BCUT2D eigenvalue weighted by atomic mass is 19.4. The van der Waals surface area contributed by atoms with Gasteiger partial charge in [0.1, 0.15) is 11.6 Å². The first-order valence-corrected chi connectivity index (χ1v) is 8.99. The second-order valence-electron chi connectivity index (χ2n) is 6.15. The summed E-state index contributed by atoms with van der Waals surface area (Å²) in [5, 5.41) is 14.2. The number of rotatable bonds is 7. The third-order valence-corrected chi connectivity index (χ3v) is 4.06. The lowest BCUT2D eigenvalue weighted by atomic mass is 10.2. The van der Waals surface area contributed by atoms with Gasteiger partial charge in [0.15, 0.2) is 5.96 Å². The summed E-state index contributed by atoms with van der Waals surface area (Å²) in [5.41, 5.74) is 0. The molecule has 1 aliphatic heterocycles. The fourth-order valence-electron chi connectivity index (χ4n) is 2.82. The topological polar surface area (TPSA) is 67.1 Å². The number of nitrogens with one attached hydrogen (secondary N) is 2. The zero-order chi connectivity index (χ0) is 18.1. The molecule has 0 unspecified atom stereocenters. The standard InChI is InChI=1S/C16H27F3N6/c1-2-20-15(22-11-9-16(17,18)19)21-10-6-8-14-24-23-13-7-4-3-5-12-25(13)14/h2-12H2,1H3,(H2,20,21,22). The Hall–Kier alpha value is -1.80. The number of hydrogen-bond acceptors (Lipinski definition) is 3. The Bertz CT molecular complexity index is 553. The van der Waals surface area contributed by atoms with E-state index in [2.05, 4.69) is 30.4 Å². The molecule has 0 spiro atoms. The van der Waals surface area contributed by atoms with Crippen LogP contribution in [0.4, 0.5) is 13.2 Å². The van der Waals surface area contributed by atoms with E-state index >= 15 is 0 Å². The SMILES string of the molecule is CCNC(=NCCCc1nnc2n1CCCCC2)NCCC(F)(F)F. The van der Waals surface area contributed by atoms with E-state index in [0.29, 0.717) is 19.0 Å². The van der Waals surface area contributed by atoms with Gasteiger partial charge < -0.3 is 15.2 Å². The van der Waals surface area contributed by atoms with Gasteiger partial charge in [-0.3, -0.25) is 4.99 Å². The second kappa shape index (κ2) is 9.62. The predicted octanol–water partition coefficient (Wildman–Crippen LogP) is 2.44. The van der Waals surface area contributed by atoms with E-state index < -0.39 is 12.6 Å². The Morgan fingerprint density at radius 3 is 2.80 bits per heavy atom. The number of hydrogen-bond donors (Lipinski definition) is 2. The lowest BCUT2D eigenvalue weighted by Gasteiger charge is -2.12. The summed E-state index contributed by atoms with van der Waals surface area (Å²) in [7, 11) is 0. The van der Waals surface area contributed by atoms with E-state index in [-0.39, 0.29) is 6.54 Å². The van der Waals surface area contributed by atoms with Crippen LogP contribution in [0.1, 0.15) is 50.7 Å². The molecule has 0 atom stereocenters. The minimum Gasteiger partial charge on any atom is -0.357 e. The Morgan fingerprint density at radius 2 is 2.04 bits per heavy atom. The summed E-state index contributed by atoms with van der Waals surface area (Å²) >= 11 is 0. The molecule has 2 rings (SSSR count). The van der Waals surface area contributed by atoms with Gasteiger partial charge in [-0.05, 0) is 26.2 Å². The van der Waals surface area contributed by atoms with Crippen molar-refractivity contribution in [3.05, 3.63) is 11.6 Å². The summed E-state index contributed by atoms with van der Waals surface area (Å²) < 4.78 is 38.8. The lowest BCUT2D eigenvalue weighted by Crippen LogP contribution is -2.39. The van der Waals surface area contributed by atoms with Crippen LogP contribution in [0.2, 0.25) is 0 Å². The van der Waals surface area contributed by atoms with Crippen LogP contribution in [0.3, 0.4) is 0 Å². The highest BCUT2D eigenvalue weighted by Crippen LogP contribution is 2.18.